The van der Waals surface area contributed by atoms with E-state index in [0.29, 0.717) is 28.2 Å². The number of benzene rings is 3. The van der Waals surface area contributed by atoms with Crippen LogP contribution >= 0.6 is 0 Å². The first-order valence-electron chi connectivity index (χ1n) is 9.21. The van der Waals surface area contributed by atoms with Gasteiger partial charge in [-0.1, -0.05) is 24.3 Å². The summed E-state index contributed by atoms with van der Waals surface area (Å²) in [6.07, 6.45) is 1.44. The van der Waals surface area contributed by atoms with Crippen LogP contribution in [-0.4, -0.2) is 28.9 Å². The third-order valence-electron chi connectivity index (χ3n) is 4.44. The highest BCUT2D eigenvalue weighted by Crippen LogP contribution is 2.24. The van der Waals surface area contributed by atoms with Gasteiger partial charge in [-0.15, -0.1) is 0 Å². The van der Waals surface area contributed by atoms with E-state index in [2.05, 4.69) is 20.6 Å². The first-order valence-corrected chi connectivity index (χ1v) is 9.21. The van der Waals surface area contributed by atoms with E-state index < -0.39 is 0 Å². The molecule has 1 heterocycles. The molecule has 2 N–H and O–H groups in total. The van der Waals surface area contributed by atoms with Gasteiger partial charge in [0.15, 0.2) is 0 Å². The summed E-state index contributed by atoms with van der Waals surface area (Å²) >= 11 is 0. The van der Waals surface area contributed by atoms with Gasteiger partial charge >= 0.3 is 0 Å². The molecule has 0 aliphatic carbocycles. The summed E-state index contributed by atoms with van der Waals surface area (Å²) < 4.78 is 5.24. The van der Waals surface area contributed by atoms with Crippen molar-refractivity contribution in [2.24, 2.45) is 0 Å². The van der Waals surface area contributed by atoms with Gasteiger partial charge in [0.2, 0.25) is 0 Å². The third kappa shape index (κ3) is 4.10. The van der Waals surface area contributed by atoms with Crippen LogP contribution in [0.15, 0.2) is 79.0 Å². The zero-order valence-electron chi connectivity index (χ0n) is 16.1. The summed E-state index contributed by atoms with van der Waals surface area (Å²) in [7, 11) is 1.54. The number of nitrogens with zero attached hydrogens (tertiary/aromatic N) is 2. The van der Waals surface area contributed by atoms with Crippen LogP contribution in [0.1, 0.15) is 20.8 Å². The molecule has 4 aromatic rings. The Labute approximate surface area is 172 Å². The van der Waals surface area contributed by atoms with Crippen molar-refractivity contribution in [3.8, 4) is 5.75 Å². The molecule has 0 radical (unpaired) electrons. The maximum atomic E-state index is 12.5. The number of hydrogen-bond donors (Lipinski definition) is 2. The van der Waals surface area contributed by atoms with E-state index in [-0.39, 0.29) is 17.5 Å². The first-order chi connectivity index (χ1) is 14.6. The van der Waals surface area contributed by atoms with E-state index in [0.717, 1.165) is 5.52 Å². The van der Waals surface area contributed by atoms with Crippen molar-refractivity contribution in [2.45, 2.75) is 0 Å². The van der Waals surface area contributed by atoms with Crippen LogP contribution in [0.25, 0.3) is 11.0 Å². The van der Waals surface area contributed by atoms with Gasteiger partial charge in [-0.05, 0) is 48.5 Å². The maximum absolute atomic E-state index is 12.5. The van der Waals surface area contributed by atoms with Crippen molar-refractivity contribution in [1.29, 1.82) is 0 Å². The van der Waals surface area contributed by atoms with Crippen LogP contribution in [0.4, 0.5) is 11.4 Å². The fourth-order valence-electron chi connectivity index (χ4n) is 2.91. The molecule has 0 saturated carbocycles. The van der Waals surface area contributed by atoms with Gasteiger partial charge in [0.1, 0.15) is 11.4 Å². The minimum absolute atomic E-state index is 0.215. The minimum Gasteiger partial charge on any atom is -0.495 e. The highest BCUT2D eigenvalue weighted by atomic mass is 16.5. The Kier molecular flexibility index (Phi) is 5.34. The number of ether oxygens (including phenoxy) is 1. The smallest absolute Gasteiger partial charge is 0.275 e. The normalized spacial score (nSPS) is 10.4. The molecule has 30 heavy (non-hydrogen) atoms. The zero-order chi connectivity index (χ0) is 20.9. The molecule has 0 atom stereocenters. The number of rotatable bonds is 5. The molecule has 0 spiro atoms. The molecular weight excluding hydrogens is 380 g/mol. The highest BCUT2D eigenvalue weighted by Gasteiger charge is 2.12. The lowest BCUT2D eigenvalue weighted by molar-refractivity contribution is 0.101. The number of hydrogen-bond acceptors (Lipinski definition) is 5. The number of fused-ring (bicyclic) bond motifs is 1. The topological polar surface area (TPSA) is 93.2 Å². The molecule has 0 unspecified atom stereocenters. The number of anilines is 2. The lowest BCUT2D eigenvalue weighted by Gasteiger charge is -2.10. The summed E-state index contributed by atoms with van der Waals surface area (Å²) in [6.45, 7) is 0. The molecule has 0 bridgehead atoms. The first kappa shape index (κ1) is 19.1. The van der Waals surface area contributed by atoms with Gasteiger partial charge in [0, 0.05) is 11.3 Å². The van der Waals surface area contributed by atoms with Crippen molar-refractivity contribution in [2.75, 3.05) is 17.7 Å². The lowest BCUT2D eigenvalue weighted by Crippen LogP contribution is -2.15. The number of amides is 2. The number of carbonyl (C=O) groups excluding carboxylic acids is 2. The molecule has 0 aliphatic rings. The van der Waals surface area contributed by atoms with Crippen LogP contribution in [0.3, 0.4) is 0 Å². The molecule has 0 fully saturated rings. The fourth-order valence-corrected chi connectivity index (χ4v) is 2.91. The van der Waals surface area contributed by atoms with Gasteiger partial charge in [0.25, 0.3) is 11.8 Å². The number of aromatic nitrogens is 2. The van der Waals surface area contributed by atoms with E-state index in [1.54, 1.807) is 49.6 Å². The summed E-state index contributed by atoms with van der Waals surface area (Å²) in [4.78, 5) is 33.5. The van der Waals surface area contributed by atoms with Crippen LogP contribution < -0.4 is 15.4 Å². The van der Waals surface area contributed by atoms with Gasteiger partial charge < -0.3 is 15.4 Å². The van der Waals surface area contributed by atoms with Crippen molar-refractivity contribution in [3.63, 3.8) is 0 Å². The van der Waals surface area contributed by atoms with E-state index in [1.807, 2.05) is 30.3 Å². The highest BCUT2D eigenvalue weighted by molar-refractivity contribution is 6.06. The molecule has 3 aromatic carbocycles. The van der Waals surface area contributed by atoms with Gasteiger partial charge in [-0.25, -0.2) is 4.98 Å². The third-order valence-corrected chi connectivity index (χ3v) is 4.44. The van der Waals surface area contributed by atoms with E-state index >= 15 is 0 Å². The average molecular weight is 398 g/mol. The zero-order valence-corrected chi connectivity index (χ0v) is 16.1. The largest absolute Gasteiger partial charge is 0.495 e. The van der Waals surface area contributed by atoms with E-state index in [1.165, 1.54) is 6.20 Å². The Morgan fingerprint density at radius 3 is 2.27 bits per heavy atom. The molecule has 148 valence electrons. The Morgan fingerprint density at radius 1 is 0.800 bits per heavy atom. The Bertz CT molecular complexity index is 1220. The molecule has 2 amide bonds. The van der Waals surface area contributed by atoms with Gasteiger partial charge in [-0.3, -0.25) is 14.6 Å². The van der Waals surface area contributed by atoms with Crippen LogP contribution in [0, 0.1) is 0 Å². The van der Waals surface area contributed by atoms with Crippen LogP contribution in [0.5, 0.6) is 5.75 Å². The Hall–Kier alpha value is -4.26. The molecule has 1 aromatic heterocycles. The van der Waals surface area contributed by atoms with E-state index in [4.69, 9.17) is 4.74 Å². The number of para-hydroxylation sites is 4. The van der Waals surface area contributed by atoms with Crippen molar-refractivity contribution in [1.82, 2.24) is 9.97 Å². The Balaban J connectivity index is 1.45. The van der Waals surface area contributed by atoms with Gasteiger partial charge in [-0.2, -0.15) is 0 Å². The number of nitrogens with one attached hydrogen (secondary N) is 2. The molecule has 4 rings (SSSR count). The second-order valence-corrected chi connectivity index (χ2v) is 6.43. The average Bonchev–Trinajstić information content (AvgIpc) is 2.79. The van der Waals surface area contributed by atoms with E-state index in [9.17, 15) is 9.59 Å². The lowest BCUT2D eigenvalue weighted by atomic mass is 10.2. The summed E-state index contributed by atoms with van der Waals surface area (Å²) in [5.74, 6) is -0.0801. The molecule has 7 heteroatoms. The van der Waals surface area contributed by atoms with Crippen molar-refractivity contribution < 1.29 is 14.3 Å². The molecule has 0 saturated heterocycles. The Morgan fingerprint density at radius 2 is 1.50 bits per heavy atom. The number of methoxy groups -OCH3 is 1. The maximum Gasteiger partial charge on any atom is 0.275 e. The minimum atomic E-state index is -0.375. The summed E-state index contributed by atoms with van der Waals surface area (Å²) in [5.41, 5.74) is 3.16. The SMILES string of the molecule is COc1ccccc1NC(=O)c1ccc(NC(=O)c2cnc3ccccc3n2)cc1. The van der Waals surface area contributed by atoms with Crippen molar-refractivity contribution >= 4 is 34.2 Å². The standard InChI is InChI=1S/C23H18N4O3/c1-30-21-9-5-4-8-19(21)27-22(28)15-10-12-16(13-11-15)25-23(29)20-14-24-17-6-2-3-7-18(17)26-20/h2-14H,1H3,(H,25,29)(H,27,28). The second-order valence-electron chi connectivity index (χ2n) is 6.43. The summed E-state index contributed by atoms with van der Waals surface area (Å²) in [5, 5.41) is 5.58. The van der Waals surface area contributed by atoms with Crippen molar-refractivity contribution in [3.05, 3.63) is 90.3 Å². The van der Waals surface area contributed by atoms with Gasteiger partial charge in [0.05, 0.1) is 30.0 Å². The predicted octanol–water partition coefficient (Wildman–Crippen LogP) is 4.14. The predicted molar refractivity (Wildman–Crippen MR) is 115 cm³/mol. The van der Waals surface area contributed by atoms with Crippen LogP contribution in [-0.2, 0) is 0 Å². The number of carbonyl (C=O) groups is 2. The molecule has 0 aliphatic heterocycles. The summed E-state index contributed by atoms with van der Waals surface area (Å²) in [6, 6.07) is 21.1. The fraction of sp³-hybridized carbons (Fsp3) is 0.0435. The second kappa shape index (κ2) is 8.40. The molecule has 7 nitrogen and oxygen atoms in total. The monoisotopic (exact) mass is 398 g/mol. The quantitative estimate of drug-likeness (QED) is 0.527. The molecular formula is C23H18N4O3. The van der Waals surface area contributed by atoms with Crippen LogP contribution in [0.2, 0.25) is 0 Å².